The number of methoxy groups -OCH3 is 2. The first-order valence-corrected chi connectivity index (χ1v) is 6.81. The number of hydrogen-bond acceptors (Lipinski definition) is 5. The van der Waals surface area contributed by atoms with Crippen molar-refractivity contribution in [1.29, 1.82) is 0 Å². The highest BCUT2D eigenvalue weighted by Gasteiger charge is 2.21. The van der Waals surface area contributed by atoms with Crippen LogP contribution in [0.1, 0.15) is 10.4 Å². The van der Waals surface area contributed by atoms with E-state index >= 15 is 0 Å². The molecular formula is C15H13ClN2O5. The molecule has 0 bridgehead atoms. The van der Waals surface area contributed by atoms with Crippen LogP contribution in [-0.4, -0.2) is 25.1 Å². The lowest BCUT2D eigenvalue weighted by atomic mass is 10.1. The summed E-state index contributed by atoms with van der Waals surface area (Å²) in [6.07, 6.45) is 0. The predicted octanol–water partition coefficient (Wildman–Crippen LogP) is 3.52. The average molecular weight is 337 g/mol. The van der Waals surface area contributed by atoms with E-state index in [-0.39, 0.29) is 16.3 Å². The van der Waals surface area contributed by atoms with E-state index in [0.29, 0.717) is 17.2 Å². The van der Waals surface area contributed by atoms with Crippen LogP contribution < -0.4 is 14.8 Å². The lowest BCUT2D eigenvalue weighted by Crippen LogP contribution is -2.14. The molecular weight excluding hydrogens is 324 g/mol. The lowest BCUT2D eigenvalue weighted by molar-refractivity contribution is -0.385. The number of nitrogens with one attached hydrogen (secondary N) is 1. The van der Waals surface area contributed by atoms with Gasteiger partial charge in [-0.15, -0.1) is 0 Å². The molecule has 2 aromatic rings. The Labute approximate surface area is 136 Å². The largest absolute Gasteiger partial charge is 0.493 e. The molecule has 0 aliphatic rings. The van der Waals surface area contributed by atoms with Crippen molar-refractivity contribution < 1.29 is 19.2 Å². The zero-order chi connectivity index (χ0) is 17.0. The minimum absolute atomic E-state index is 0.128. The molecule has 0 heterocycles. The molecule has 0 fully saturated rings. The Morgan fingerprint density at radius 3 is 2.43 bits per heavy atom. The number of carbonyl (C=O) groups is 1. The highest BCUT2D eigenvalue weighted by atomic mass is 35.5. The summed E-state index contributed by atoms with van der Waals surface area (Å²) < 4.78 is 10.2. The maximum Gasteiger partial charge on any atom is 0.282 e. The summed E-state index contributed by atoms with van der Waals surface area (Å²) in [5.41, 5.74) is -0.0495. The van der Waals surface area contributed by atoms with Crippen molar-refractivity contribution in [3.05, 3.63) is 57.1 Å². The maximum absolute atomic E-state index is 12.3. The van der Waals surface area contributed by atoms with E-state index < -0.39 is 10.8 Å². The van der Waals surface area contributed by atoms with E-state index in [4.69, 9.17) is 21.1 Å². The SMILES string of the molecule is COc1ccc(NC(=O)c2cc(Cl)ccc2[N+](=O)[O-])cc1OC. The van der Waals surface area contributed by atoms with Crippen LogP contribution in [0.15, 0.2) is 36.4 Å². The lowest BCUT2D eigenvalue weighted by Gasteiger charge is -2.11. The Morgan fingerprint density at radius 2 is 1.83 bits per heavy atom. The summed E-state index contributed by atoms with van der Waals surface area (Å²) in [5.74, 6) is 0.275. The first-order valence-electron chi connectivity index (χ1n) is 6.43. The van der Waals surface area contributed by atoms with Crippen LogP contribution in [0.3, 0.4) is 0 Å². The zero-order valence-corrected chi connectivity index (χ0v) is 13.1. The number of hydrogen-bond donors (Lipinski definition) is 1. The number of amides is 1. The molecule has 1 N–H and O–H groups in total. The topological polar surface area (TPSA) is 90.7 Å². The number of anilines is 1. The minimum Gasteiger partial charge on any atom is -0.493 e. The van der Waals surface area contributed by atoms with Gasteiger partial charge in [-0.3, -0.25) is 14.9 Å². The molecule has 0 unspecified atom stereocenters. The summed E-state index contributed by atoms with van der Waals surface area (Å²) in [4.78, 5) is 22.7. The highest BCUT2D eigenvalue weighted by Crippen LogP contribution is 2.30. The maximum atomic E-state index is 12.3. The van der Waals surface area contributed by atoms with Gasteiger partial charge in [0, 0.05) is 22.8 Å². The van der Waals surface area contributed by atoms with Gasteiger partial charge in [-0.05, 0) is 24.3 Å². The molecule has 0 spiro atoms. The number of halogens is 1. The van der Waals surface area contributed by atoms with E-state index in [2.05, 4.69) is 5.32 Å². The Morgan fingerprint density at radius 1 is 1.13 bits per heavy atom. The van der Waals surface area contributed by atoms with Gasteiger partial charge in [0.2, 0.25) is 0 Å². The molecule has 2 rings (SSSR count). The first-order chi connectivity index (χ1) is 11.0. The van der Waals surface area contributed by atoms with Crippen LogP contribution in [0.2, 0.25) is 5.02 Å². The number of ether oxygens (including phenoxy) is 2. The number of carbonyl (C=O) groups excluding carboxylic acids is 1. The quantitative estimate of drug-likeness (QED) is 0.666. The molecule has 2 aromatic carbocycles. The van der Waals surface area contributed by atoms with Gasteiger partial charge in [0.05, 0.1) is 19.1 Å². The Bertz CT molecular complexity index is 764. The molecule has 1 amide bonds. The van der Waals surface area contributed by atoms with Gasteiger partial charge in [0.25, 0.3) is 11.6 Å². The molecule has 7 nitrogen and oxygen atoms in total. The van der Waals surface area contributed by atoms with Crippen molar-refractivity contribution in [2.24, 2.45) is 0 Å². The highest BCUT2D eigenvalue weighted by molar-refractivity contribution is 6.31. The van der Waals surface area contributed by atoms with Gasteiger partial charge in [0.1, 0.15) is 5.56 Å². The van der Waals surface area contributed by atoms with E-state index in [1.807, 2.05) is 0 Å². The van der Waals surface area contributed by atoms with Crippen molar-refractivity contribution in [1.82, 2.24) is 0 Å². The summed E-state index contributed by atoms with van der Waals surface area (Å²) in [5, 5.41) is 13.8. The van der Waals surface area contributed by atoms with E-state index in [1.165, 1.54) is 32.4 Å². The van der Waals surface area contributed by atoms with Gasteiger partial charge >= 0.3 is 0 Å². The Balaban J connectivity index is 2.33. The van der Waals surface area contributed by atoms with E-state index in [0.717, 1.165) is 0 Å². The average Bonchev–Trinajstić information content (AvgIpc) is 2.54. The molecule has 0 aliphatic carbocycles. The molecule has 0 saturated heterocycles. The van der Waals surface area contributed by atoms with Crippen molar-refractivity contribution in [3.63, 3.8) is 0 Å². The number of nitrogens with zero attached hydrogens (tertiary/aromatic N) is 1. The van der Waals surface area contributed by atoms with Crippen molar-refractivity contribution in [2.45, 2.75) is 0 Å². The molecule has 120 valence electrons. The summed E-state index contributed by atoms with van der Waals surface area (Å²) in [7, 11) is 2.96. The standard InChI is InChI=1S/C15H13ClN2O5/c1-22-13-6-4-10(8-14(13)23-2)17-15(19)11-7-9(16)3-5-12(11)18(20)21/h3-8H,1-2H3,(H,17,19). The van der Waals surface area contributed by atoms with Crippen molar-refractivity contribution in [2.75, 3.05) is 19.5 Å². The third kappa shape index (κ3) is 3.70. The van der Waals surface area contributed by atoms with Crippen molar-refractivity contribution >= 4 is 28.9 Å². The second kappa shape index (κ2) is 6.97. The van der Waals surface area contributed by atoms with E-state index in [1.54, 1.807) is 18.2 Å². The number of benzene rings is 2. The normalized spacial score (nSPS) is 10.0. The number of nitro groups is 1. The van der Waals surface area contributed by atoms with Gasteiger partial charge in [0.15, 0.2) is 11.5 Å². The first kappa shape index (κ1) is 16.6. The van der Waals surface area contributed by atoms with E-state index in [9.17, 15) is 14.9 Å². The molecule has 23 heavy (non-hydrogen) atoms. The van der Waals surface area contributed by atoms with Crippen LogP contribution >= 0.6 is 11.6 Å². The fraction of sp³-hybridized carbons (Fsp3) is 0.133. The summed E-state index contributed by atoms with van der Waals surface area (Å²) >= 11 is 5.82. The second-order valence-electron chi connectivity index (χ2n) is 4.44. The van der Waals surface area contributed by atoms with Crippen LogP contribution in [0.25, 0.3) is 0 Å². The fourth-order valence-corrected chi connectivity index (χ4v) is 2.13. The Kier molecular flexibility index (Phi) is 5.02. The van der Waals surface area contributed by atoms with Crippen LogP contribution in [0.5, 0.6) is 11.5 Å². The summed E-state index contributed by atoms with van der Waals surface area (Å²) in [6, 6.07) is 8.54. The summed E-state index contributed by atoms with van der Waals surface area (Å²) in [6.45, 7) is 0. The molecule has 8 heteroatoms. The fourth-order valence-electron chi connectivity index (χ4n) is 1.96. The molecule has 0 aromatic heterocycles. The van der Waals surface area contributed by atoms with Gasteiger partial charge in [-0.25, -0.2) is 0 Å². The van der Waals surface area contributed by atoms with Gasteiger partial charge < -0.3 is 14.8 Å². The molecule has 0 radical (unpaired) electrons. The van der Waals surface area contributed by atoms with Crippen LogP contribution in [-0.2, 0) is 0 Å². The number of nitro benzene ring substituents is 1. The van der Waals surface area contributed by atoms with Crippen LogP contribution in [0, 0.1) is 10.1 Å². The molecule has 0 saturated carbocycles. The third-order valence-corrected chi connectivity index (χ3v) is 3.28. The van der Waals surface area contributed by atoms with Gasteiger partial charge in [-0.2, -0.15) is 0 Å². The Hall–Kier alpha value is -2.80. The smallest absolute Gasteiger partial charge is 0.282 e. The minimum atomic E-state index is -0.647. The van der Waals surface area contributed by atoms with Crippen molar-refractivity contribution in [3.8, 4) is 11.5 Å². The zero-order valence-electron chi connectivity index (χ0n) is 12.3. The molecule has 0 aliphatic heterocycles. The number of rotatable bonds is 5. The molecule has 0 atom stereocenters. The third-order valence-electron chi connectivity index (χ3n) is 3.04. The van der Waals surface area contributed by atoms with Gasteiger partial charge in [-0.1, -0.05) is 11.6 Å². The second-order valence-corrected chi connectivity index (χ2v) is 4.88. The predicted molar refractivity (Wildman–Crippen MR) is 85.6 cm³/mol. The van der Waals surface area contributed by atoms with Crippen LogP contribution in [0.4, 0.5) is 11.4 Å². The monoisotopic (exact) mass is 336 g/mol.